The lowest BCUT2D eigenvalue weighted by Crippen LogP contribution is -2.38. The minimum absolute atomic E-state index is 0.0987. The zero-order valence-corrected chi connectivity index (χ0v) is 6.96. The van der Waals surface area contributed by atoms with Gasteiger partial charge in [0.15, 0.2) is 0 Å². The van der Waals surface area contributed by atoms with Crippen LogP contribution in [0.5, 0.6) is 0 Å². The summed E-state index contributed by atoms with van der Waals surface area (Å²) < 4.78 is 4.93. The van der Waals surface area contributed by atoms with Crippen molar-refractivity contribution in [1.82, 2.24) is 5.48 Å². The van der Waals surface area contributed by atoms with E-state index in [2.05, 4.69) is 15.6 Å². The first-order chi connectivity index (χ1) is 5.27. The van der Waals surface area contributed by atoms with Crippen molar-refractivity contribution in [2.75, 3.05) is 13.7 Å². The average Bonchev–Trinajstić information content (AvgIpc) is 2.38. The maximum atomic E-state index is 4.93. The topological polar surface area (TPSA) is 42.9 Å². The summed E-state index contributed by atoms with van der Waals surface area (Å²) in [7, 11) is 1.70. The molecule has 1 rings (SSSR count). The molecule has 0 aromatic heterocycles. The van der Waals surface area contributed by atoms with E-state index in [1.807, 2.05) is 6.92 Å². The molecule has 1 unspecified atom stereocenters. The van der Waals surface area contributed by atoms with Crippen LogP contribution in [-0.2, 0) is 9.68 Å². The molecule has 11 heavy (non-hydrogen) atoms. The van der Waals surface area contributed by atoms with Crippen molar-refractivity contribution in [3.05, 3.63) is 0 Å². The third kappa shape index (κ3) is 2.48. The highest BCUT2D eigenvalue weighted by molar-refractivity contribution is 5.69. The lowest BCUT2D eigenvalue weighted by Gasteiger charge is -2.17. The average molecular weight is 158 g/mol. The van der Waals surface area contributed by atoms with Gasteiger partial charge in [-0.15, -0.1) is 5.48 Å². The van der Waals surface area contributed by atoms with Gasteiger partial charge < -0.3 is 4.74 Å². The summed E-state index contributed by atoms with van der Waals surface area (Å²) in [6.45, 7) is 2.82. The molecule has 4 heteroatoms. The number of rotatable bonds is 4. The summed E-state index contributed by atoms with van der Waals surface area (Å²) in [4.78, 5) is 4.67. The van der Waals surface area contributed by atoms with Gasteiger partial charge in [0.2, 0.25) is 0 Å². The van der Waals surface area contributed by atoms with Crippen molar-refractivity contribution < 1.29 is 9.68 Å². The Morgan fingerprint density at radius 1 is 1.73 bits per heavy atom. The quantitative estimate of drug-likeness (QED) is 0.612. The highest BCUT2D eigenvalue weighted by atomic mass is 16.8. The van der Waals surface area contributed by atoms with Crippen LogP contribution in [0.4, 0.5) is 0 Å². The van der Waals surface area contributed by atoms with Crippen molar-refractivity contribution in [3.63, 3.8) is 0 Å². The number of hydrogen-bond acceptors (Lipinski definition) is 4. The largest absolute Gasteiger partial charge is 0.385 e. The second-order valence-corrected chi connectivity index (χ2v) is 2.94. The molecule has 0 saturated carbocycles. The molecule has 0 saturated heterocycles. The number of ether oxygens (including phenoxy) is 1. The molecule has 0 amide bonds. The van der Waals surface area contributed by atoms with Gasteiger partial charge in [0.1, 0.15) is 0 Å². The van der Waals surface area contributed by atoms with Crippen molar-refractivity contribution in [1.29, 1.82) is 0 Å². The van der Waals surface area contributed by atoms with Crippen molar-refractivity contribution in [2.45, 2.75) is 25.3 Å². The Hall–Kier alpha value is -0.610. The maximum Gasteiger partial charge on any atom is 0.0919 e. The van der Waals surface area contributed by atoms with Gasteiger partial charge in [-0.05, 0) is 19.8 Å². The van der Waals surface area contributed by atoms with Crippen LogP contribution in [0.15, 0.2) is 5.16 Å². The van der Waals surface area contributed by atoms with Crippen LogP contribution in [0.1, 0.15) is 19.8 Å². The second-order valence-electron chi connectivity index (χ2n) is 2.94. The molecule has 1 N–H and O–H groups in total. The first kappa shape index (κ1) is 8.49. The molecule has 0 fully saturated rings. The molecule has 0 aromatic rings. The lowest BCUT2D eigenvalue weighted by molar-refractivity contribution is 0.0320. The molecule has 0 radical (unpaired) electrons. The van der Waals surface area contributed by atoms with E-state index in [1.165, 1.54) is 0 Å². The van der Waals surface area contributed by atoms with Crippen LogP contribution in [0.25, 0.3) is 0 Å². The van der Waals surface area contributed by atoms with Gasteiger partial charge in [-0.2, -0.15) is 0 Å². The Morgan fingerprint density at radius 2 is 2.55 bits per heavy atom. The number of hydrogen-bond donors (Lipinski definition) is 1. The molecule has 4 nitrogen and oxygen atoms in total. The molecular formula is C7H14N2O2. The van der Waals surface area contributed by atoms with Crippen LogP contribution in [0.2, 0.25) is 0 Å². The standard InChI is InChI=1S/C7H14N2O2/c1-7(4-3-5-10-2)6-8-11-9-7/h6,9H,3-5H2,1-2H3. The molecule has 1 aliphatic heterocycles. The van der Waals surface area contributed by atoms with Gasteiger partial charge in [0, 0.05) is 13.7 Å². The number of methoxy groups -OCH3 is 1. The monoisotopic (exact) mass is 158 g/mol. The van der Waals surface area contributed by atoms with Gasteiger partial charge in [-0.25, -0.2) is 0 Å². The van der Waals surface area contributed by atoms with Gasteiger partial charge in [0.25, 0.3) is 0 Å². The second kappa shape index (κ2) is 3.69. The first-order valence-electron chi connectivity index (χ1n) is 3.73. The van der Waals surface area contributed by atoms with Crippen molar-refractivity contribution in [2.24, 2.45) is 5.16 Å². The Kier molecular flexibility index (Phi) is 2.84. The summed E-state index contributed by atoms with van der Waals surface area (Å²) in [6.07, 6.45) is 3.77. The summed E-state index contributed by atoms with van der Waals surface area (Å²) in [5.74, 6) is 0. The zero-order chi connectivity index (χ0) is 8.16. The Balaban J connectivity index is 2.18. The number of nitrogens with one attached hydrogen (secondary N) is 1. The van der Waals surface area contributed by atoms with Crippen LogP contribution in [-0.4, -0.2) is 25.5 Å². The van der Waals surface area contributed by atoms with E-state index in [0.29, 0.717) is 0 Å². The summed E-state index contributed by atoms with van der Waals surface area (Å²) in [5.41, 5.74) is 2.72. The van der Waals surface area contributed by atoms with Crippen molar-refractivity contribution >= 4 is 6.21 Å². The number of oxime groups is 1. The fourth-order valence-electron chi connectivity index (χ4n) is 0.999. The summed E-state index contributed by atoms with van der Waals surface area (Å²) >= 11 is 0. The summed E-state index contributed by atoms with van der Waals surface area (Å²) in [5, 5.41) is 3.64. The Morgan fingerprint density at radius 3 is 3.09 bits per heavy atom. The van der Waals surface area contributed by atoms with E-state index < -0.39 is 0 Å². The minimum atomic E-state index is -0.0987. The molecule has 0 spiro atoms. The third-order valence-electron chi connectivity index (χ3n) is 1.71. The fourth-order valence-corrected chi connectivity index (χ4v) is 0.999. The molecule has 0 aromatic carbocycles. The van der Waals surface area contributed by atoms with Gasteiger partial charge in [-0.3, -0.25) is 4.94 Å². The summed E-state index contributed by atoms with van der Waals surface area (Å²) in [6, 6.07) is 0. The fraction of sp³-hybridized carbons (Fsp3) is 0.857. The zero-order valence-electron chi connectivity index (χ0n) is 6.96. The molecule has 1 aliphatic rings. The molecule has 1 heterocycles. The minimum Gasteiger partial charge on any atom is -0.385 e. The van der Waals surface area contributed by atoms with E-state index in [9.17, 15) is 0 Å². The van der Waals surface area contributed by atoms with Crippen molar-refractivity contribution in [3.8, 4) is 0 Å². The van der Waals surface area contributed by atoms with E-state index in [-0.39, 0.29) is 5.54 Å². The van der Waals surface area contributed by atoms with Crippen LogP contribution >= 0.6 is 0 Å². The Labute approximate surface area is 66.5 Å². The predicted molar refractivity (Wildman–Crippen MR) is 42.2 cm³/mol. The van der Waals surface area contributed by atoms with Gasteiger partial charge in [0.05, 0.1) is 11.8 Å². The molecule has 64 valence electrons. The molecule has 0 aliphatic carbocycles. The lowest BCUT2D eigenvalue weighted by atomic mass is 9.99. The van der Waals surface area contributed by atoms with E-state index >= 15 is 0 Å². The van der Waals surface area contributed by atoms with E-state index in [1.54, 1.807) is 13.3 Å². The third-order valence-corrected chi connectivity index (χ3v) is 1.71. The normalized spacial score (nSPS) is 28.9. The predicted octanol–water partition coefficient (Wildman–Crippen LogP) is 0.692. The SMILES string of the molecule is COCCCC1(C)C=NON1. The first-order valence-corrected chi connectivity index (χ1v) is 3.73. The highest BCUT2D eigenvalue weighted by Gasteiger charge is 2.26. The van der Waals surface area contributed by atoms with Crippen LogP contribution < -0.4 is 5.48 Å². The van der Waals surface area contributed by atoms with Crippen LogP contribution in [0, 0.1) is 0 Å². The smallest absolute Gasteiger partial charge is 0.0919 e. The van der Waals surface area contributed by atoms with Gasteiger partial charge >= 0.3 is 0 Å². The maximum absolute atomic E-state index is 4.93. The van der Waals surface area contributed by atoms with Crippen LogP contribution in [0.3, 0.4) is 0 Å². The molecular weight excluding hydrogens is 144 g/mol. The number of hydroxylamine groups is 1. The molecule has 0 bridgehead atoms. The molecule has 1 atom stereocenters. The van der Waals surface area contributed by atoms with Gasteiger partial charge in [-0.1, -0.05) is 5.16 Å². The van der Waals surface area contributed by atoms with E-state index in [4.69, 9.17) is 4.74 Å². The Bertz CT molecular complexity index is 149. The van der Waals surface area contributed by atoms with E-state index in [0.717, 1.165) is 19.4 Å². The highest BCUT2D eigenvalue weighted by Crippen LogP contribution is 2.13. The number of nitrogens with zero attached hydrogens (tertiary/aromatic N) is 1.